The van der Waals surface area contributed by atoms with Crippen molar-refractivity contribution in [3.63, 3.8) is 0 Å². The number of benzene rings is 1. The molecular formula is C13H20ClN3O4S. The first kappa shape index (κ1) is 18.8. The number of rotatable bonds is 3. The van der Waals surface area contributed by atoms with Gasteiger partial charge in [0.2, 0.25) is 10.0 Å². The SMILES string of the molecule is Cc1ccc([N+](=O)[O-])c(S(=O)(=O)N2CCC(N)CC2)c1C.Cl. The molecule has 1 heterocycles. The summed E-state index contributed by atoms with van der Waals surface area (Å²) in [4.78, 5) is 10.3. The lowest BCUT2D eigenvalue weighted by molar-refractivity contribution is -0.388. The molecule has 0 saturated carbocycles. The van der Waals surface area contributed by atoms with Crippen LogP contribution in [0.5, 0.6) is 0 Å². The molecule has 22 heavy (non-hydrogen) atoms. The lowest BCUT2D eigenvalue weighted by Gasteiger charge is -2.29. The Balaban J connectivity index is 0.00000242. The number of nitrogens with zero attached hydrogens (tertiary/aromatic N) is 2. The van der Waals surface area contributed by atoms with Gasteiger partial charge < -0.3 is 5.73 Å². The fourth-order valence-electron chi connectivity index (χ4n) is 2.49. The van der Waals surface area contributed by atoms with Crippen molar-refractivity contribution in [2.24, 2.45) is 5.73 Å². The number of piperidine rings is 1. The second-order valence-electron chi connectivity index (χ2n) is 5.35. The molecule has 1 aliphatic heterocycles. The third-order valence-corrected chi connectivity index (χ3v) is 6.03. The molecule has 2 N–H and O–H groups in total. The minimum atomic E-state index is -3.88. The minimum absolute atomic E-state index is 0. The van der Waals surface area contributed by atoms with Crippen LogP contribution in [0.2, 0.25) is 0 Å². The second kappa shape index (κ2) is 6.91. The highest BCUT2D eigenvalue weighted by Gasteiger charge is 2.35. The molecule has 0 spiro atoms. The van der Waals surface area contributed by atoms with Gasteiger partial charge in [-0.1, -0.05) is 6.07 Å². The van der Waals surface area contributed by atoms with Gasteiger partial charge in [0.1, 0.15) is 0 Å². The van der Waals surface area contributed by atoms with Crippen molar-refractivity contribution in [3.8, 4) is 0 Å². The van der Waals surface area contributed by atoms with E-state index in [4.69, 9.17) is 5.73 Å². The summed E-state index contributed by atoms with van der Waals surface area (Å²) < 4.78 is 26.8. The molecule has 7 nitrogen and oxygen atoms in total. The van der Waals surface area contributed by atoms with Crippen molar-refractivity contribution in [2.75, 3.05) is 13.1 Å². The second-order valence-corrected chi connectivity index (χ2v) is 7.23. The monoisotopic (exact) mass is 349 g/mol. The predicted octanol–water partition coefficient (Wildman–Crippen LogP) is 1.75. The highest BCUT2D eigenvalue weighted by atomic mass is 35.5. The molecule has 0 bridgehead atoms. The molecule has 1 aromatic carbocycles. The molecule has 0 atom stereocenters. The number of nitro benzene ring substituents is 1. The Morgan fingerprint density at radius 1 is 1.27 bits per heavy atom. The molecule has 1 fully saturated rings. The van der Waals surface area contributed by atoms with Gasteiger partial charge in [-0.15, -0.1) is 12.4 Å². The zero-order chi connectivity index (χ0) is 15.8. The van der Waals surface area contributed by atoms with Crippen LogP contribution in [0, 0.1) is 24.0 Å². The van der Waals surface area contributed by atoms with E-state index in [1.165, 1.54) is 10.4 Å². The average molecular weight is 350 g/mol. The van der Waals surface area contributed by atoms with Crippen molar-refractivity contribution < 1.29 is 13.3 Å². The summed E-state index contributed by atoms with van der Waals surface area (Å²) in [6.45, 7) is 3.94. The Kier molecular flexibility index (Phi) is 5.91. The van der Waals surface area contributed by atoms with E-state index in [2.05, 4.69) is 0 Å². The molecule has 1 saturated heterocycles. The molecular weight excluding hydrogens is 330 g/mol. The highest BCUT2D eigenvalue weighted by molar-refractivity contribution is 7.89. The third-order valence-electron chi connectivity index (χ3n) is 3.95. The van der Waals surface area contributed by atoms with E-state index in [9.17, 15) is 18.5 Å². The van der Waals surface area contributed by atoms with Crippen LogP contribution in [0.25, 0.3) is 0 Å². The Morgan fingerprint density at radius 3 is 2.32 bits per heavy atom. The number of nitrogens with two attached hydrogens (primary N) is 1. The first-order valence-corrected chi connectivity index (χ1v) is 8.19. The van der Waals surface area contributed by atoms with Crippen LogP contribution in [-0.4, -0.2) is 36.8 Å². The van der Waals surface area contributed by atoms with E-state index < -0.39 is 14.9 Å². The van der Waals surface area contributed by atoms with E-state index in [1.807, 2.05) is 0 Å². The summed E-state index contributed by atoms with van der Waals surface area (Å²) in [5.41, 5.74) is 6.56. The van der Waals surface area contributed by atoms with Gasteiger partial charge in [0.05, 0.1) is 4.92 Å². The van der Waals surface area contributed by atoms with E-state index >= 15 is 0 Å². The fraction of sp³-hybridized carbons (Fsp3) is 0.538. The van der Waals surface area contributed by atoms with Crippen LogP contribution in [0.3, 0.4) is 0 Å². The van der Waals surface area contributed by atoms with E-state index in [-0.39, 0.29) is 29.0 Å². The molecule has 0 amide bonds. The Bertz CT molecular complexity index is 670. The van der Waals surface area contributed by atoms with Gasteiger partial charge in [0.15, 0.2) is 4.90 Å². The first-order valence-electron chi connectivity index (χ1n) is 6.75. The fourth-order valence-corrected chi connectivity index (χ4v) is 4.39. The number of hydrogen-bond donors (Lipinski definition) is 1. The van der Waals surface area contributed by atoms with Crippen molar-refractivity contribution in [1.82, 2.24) is 4.31 Å². The van der Waals surface area contributed by atoms with E-state index in [0.717, 1.165) is 0 Å². The van der Waals surface area contributed by atoms with Crippen LogP contribution in [0.15, 0.2) is 17.0 Å². The Labute approximate surface area is 136 Å². The van der Waals surface area contributed by atoms with Crippen LogP contribution in [0.1, 0.15) is 24.0 Å². The molecule has 9 heteroatoms. The van der Waals surface area contributed by atoms with Gasteiger partial charge in [-0.05, 0) is 37.8 Å². The normalized spacial score (nSPS) is 17.0. The van der Waals surface area contributed by atoms with Crippen molar-refractivity contribution in [3.05, 3.63) is 33.4 Å². The molecule has 2 rings (SSSR count). The van der Waals surface area contributed by atoms with E-state index in [0.29, 0.717) is 37.1 Å². The molecule has 1 aromatic rings. The van der Waals surface area contributed by atoms with Crippen LogP contribution >= 0.6 is 12.4 Å². The highest BCUT2D eigenvalue weighted by Crippen LogP contribution is 2.32. The largest absolute Gasteiger partial charge is 0.328 e. The van der Waals surface area contributed by atoms with Gasteiger partial charge in [-0.25, -0.2) is 8.42 Å². The van der Waals surface area contributed by atoms with Crippen molar-refractivity contribution in [2.45, 2.75) is 37.6 Å². The van der Waals surface area contributed by atoms with Gasteiger partial charge in [-0.3, -0.25) is 10.1 Å². The van der Waals surface area contributed by atoms with Crippen LogP contribution in [-0.2, 0) is 10.0 Å². The molecule has 1 aliphatic rings. The third kappa shape index (κ3) is 3.40. The van der Waals surface area contributed by atoms with Crippen LogP contribution in [0.4, 0.5) is 5.69 Å². The minimum Gasteiger partial charge on any atom is -0.328 e. The average Bonchev–Trinajstić information content (AvgIpc) is 2.41. The first-order chi connectivity index (χ1) is 9.75. The number of aryl methyl sites for hydroxylation is 1. The Morgan fingerprint density at radius 2 is 1.82 bits per heavy atom. The summed E-state index contributed by atoms with van der Waals surface area (Å²) in [5, 5.41) is 11.2. The van der Waals surface area contributed by atoms with Gasteiger partial charge in [-0.2, -0.15) is 4.31 Å². The summed E-state index contributed by atoms with van der Waals surface area (Å²) >= 11 is 0. The summed E-state index contributed by atoms with van der Waals surface area (Å²) in [5.74, 6) is 0. The summed E-state index contributed by atoms with van der Waals surface area (Å²) in [6.07, 6.45) is 1.13. The van der Waals surface area contributed by atoms with E-state index in [1.54, 1.807) is 19.9 Å². The number of nitro groups is 1. The molecule has 0 aromatic heterocycles. The summed E-state index contributed by atoms with van der Waals surface area (Å²) in [6, 6.07) is 2.81. The van der Waals surface area contributed by atoms with Gasteiger partial charge in [0.25, 0.3) is 5.69 Å². The zero-order valence-corrected chi connectivity index (χ0v) is 14.1. The zero-order valence-electron chi connectivity index (χ0n) is 12.5. The lowest BCUT2D eigenvalue weighted by atomic mass is 10.1. The van der Waals surface area contributed by atoms with Crippen LogP contribution < -0.4 is 5.73 Å². The van der Waals surface area contributed by atoms with Crippen molar-refractivity contribution >= 4 is 28.1 Å². The quantitative estimate of drug-likeness (QED) is 0.660. The Hall–Kier alpha value is -1.22. The number of halogens is 1. The molecule has 0 aliphatic carbocycles. The number of sulfonamides is 1. The summed E-state index contributed by atoms with van der Waals surface area (Å²) in [7, 11) is -3.88. The lowest BCUT2D eigenvalue weighted by Crippen LogP contribution is -2.43. The molecule has 124 valence electrons. The van der Waals surface area contributed by atoms with Crippen molar-refractivity contribution in [1.29, 1.82) is 0 Å². The smallest absolute Gasteiger partial charge is 0.289 e. The number of hydrogen-bond acceptors (Lipinski definition) is 5. The van der Waals surface area contributed by atoms with Gasteiger partial charge in [0, 0.05) is 25.2 Å². The molecule has 0 unspecified atom stereocenters. The maximum atomic E-state index is 12.8. The molecule has 0 radical (unpaired) electrons. The maximum Gasteiger partial charge on any atom is 0.289 e. The van der Waals surface area contributed by atoms with Gasteiger partial charge >= 0.3 is 0 Å². The topological polar surface area (TPSA) is 107 Å². The maximum absolute atomic E-state index is 12.8. The predicted molar refractivity (Wildman–Crippen MR) is 85.8 cm³/mol. The standard InChI is InChI=1S/C13H19N3O4S.ClH/c1-9-3-4-12(16(17)18)13(10(9)2)21(19,20)15-7-5-11(14)6-8-15;/h3-4,11H,5-8,14H2,1-2H3;1H.